The molecular formula is C30H28Cl2N2O5. The first-order chi connectivity index (χ1) is 18.9. The van der Waals surface area contributed by atoms with Gasteiger partial charge in [0.05, 0.1) is 34.7 Å². The van der Waals surface area contributed by atoms with Gasteiger partial charge in [-0.3, -0.25) is 0 Å². The molecular weight excluding hydrogens is 539 g/mol. The lowest BCUT2D eigenvalue weighted by Gasteiger charge is -2.26. The zero-order valence-corrected chi connectivity index (χ0v) is 23.1. The summed E-state index contributed by atoms with van der Waals surface area (Å²) in [6, 6.07) is 17.6. The van der Waals surface area contributed by atoms with Crippen LogP contribution in [0, 0.1) is 11.3 Å². The highest BCUT2D eigenvalue weighted by Gasteiger charge is 2.31. The van der Waals surface area contributed by atoms with Crippen molar-refractivity contribution in [2.45, 2.75) is 39.0 Å². The van der Waals surface area contributed by atoms with E-state index in [1.165, 1.54) is 12.1 Å². The standard InChI is InChI=1S/C30H28Cl2N2O5/c1-3-5-6-13-37-20-9-7-18(8-10-20)27-22-12-11-21(16-26(22)39-29(34)23(27)17-33)38-30(35)19-14-24(31)28(36-4-2)25(32)15-19/h7-12,14-16,27H,3-6,13,34H2,1-2H3. The number of rotatable bonds is 10. The van der Waals surface area contributed by atoms with Gasteiger partial charge in [0.1, 0.15) is 28.9 Å². The minimum Gasteiger partial charge on any atom is -0.494 e. The Morgan fingerprint density at radius 2 is 1.69 bits per heavy atom. The summed E-state index contributed by atoms with van der Waals surface area (Å²) in [7, 11) is 0. The van der Waals surface area contributed by atoms with E-state index in [1.807, 2.05) is 24.3 Å². The molecule has 39 heavy (non-hydrogen) atoms. The van der Waals surface area contributed by atoms with Gasteiger partial charge in [0.25, 0.3) is 0 Å². The van der Waals surface area contributed by atoms with E-state index >= 15 is 0 Å². The summed E-state index contributed by atoms with van der Waals surface area (Å²) in [5.41, 5.74) is 8.15. The number of allylic oxidation sites excluding steroid dienone is 1. The van der Waals surface area contributed by atoms with E-state index < -0.39 is 11.9 Å². The Hall–Kier alpha value is -3.86. The van der Waals surface area contributed by atoms with Gasteiger partial charge in [0.2, 0.25) is 5.88 Å². The fourth-order valence-electron chi connectivity index (χ4n) is 4.27. The summed E-state index contributed by atoms with van der Waals surface area (Å²) < 4.78 is 22.5. The number of hydrogen-bond acceptors (Lipinski definition) is 7. The van der Waals surface area contributed by atoms with Crippen LogP contribution in [0.1, 0.15) is 60.5 Å². The fraction of sp³-hybridized carbons (Fsp3) is 0.267. The van der Waals surface area contributed by atoms with Crippen molar-refractivity contribution >= 4 is 29.2 Å². The molecule has 4 rings (SSSR count). The average Bonchev–Trinajstić information content (AvgIpc) is 2.92. The number of esters is 1. The highest BCUT2D eigenvalue weighted by Crippen LogP contribution is 2.44. The molecule has 0 radical (unpaired) electrons. The molecule has 3 aromatic carbocycles. The summed E-state index contributed by atoms with van der Waals surface area (Å²) in [5.74, 6) is 0.536. The number of benzene rings is 3. The first-order valence-corrected chi connectivity index (χ1v) is 13.4. The van der Waals surface area contributed by atoms with E-state index in [4.69, 9.17) is 47.9 Å². The zero-order valence-electron chi connectivity index (χ0n) is 21.6. The molecule has 1 aliphatic rings. The first-order valence-electron chi connectivity index (χ1n) is 12.6. The third-order valence-corrected chi connectivity index (χ3v) is 6.72. The lowest BCUT2D eigenvalue weighted by atomic mass is 9.83. The number of unbranched alkanes of at least 4 members (excludes halogenated alkanes) is 2. The molecule has 0 saturated heterocycles. The number of hydrogen-bond donors (Lipinski definition) is 1. The van der Waals surface area contributed by atoms with Crippen LogP contribution in [0.2, 0.25) is 10.0 Å². The quantitative estimate of drug-likeness (QED) is 0.155. The van der Waals surface area contributed by atoms with E-state index in [0.717, 1.165) is 30.6 Å². The zero-order chi connectivity index (χ0) is 27.9. The maximum absolute atomic E-state index is 12.8. The molecule has 1 unspecified atom stereocenters. The SMILES string of the molecule is CCCCCOc1ccc(C2C(C#N)=C(N)Oc3cc(OC(=O)c4cc(Cl)c(OCC)c(Cl)c4)ccc32)cc1. The van der Waals surface area contributed by atoms with Crippen molar-refractivity contribution in [1.82, 2.24) is 0 Å². The van der Waals surface area contributed by atoms with Gasteiger partial charge in [-0.1, -0.05) is 61.2 Å². The van der Waals surface area contributed by atoms with Crippen molar-refractivity contribution in [2.24, 2.45) is 5.73 Å². The number of nitrogens with zero attached hydrogens (tertiary/aromatic N) is 1. The molecule has 0 amide bonds. The van der Waals surface area contributed by atoms with Gasteiger partial charge >= 0.3 is 5.97 Å². The van der Waals surface area contributed by atoms with Gasteiger partial charge in [-0.15, -0.1) is 0 Å². The van der Waals surface area contributed by atoms with Gasteiger partial charge in [0, 0.05) is 11.6 Å². The molecule has 202 valence electrons. The molecule has 0 fully saturated rings. The maximum atomic E-state index is 12.8. The Kier molecular flexibility index (Phi) is 9.23. The molecule has 2 N–H and O–H groups in total. The molecule has 3 aromatic rings. The molecule has 1 aliphatic heterocycles. The Balaban J connectivity index is 1.57. The Labute approximate surface area is 237 Å². The largest absolute Gasteiger partial charge is 0.494 e. The normalized spacial score (nSPS) is 14.2. The number of nitrogens with two attached hydrogens (primary N) is 1. The monoisotopic (exact) mass is 566 g/mol. The van der Waals surface area contributed by atoms with Crippen molar-refractivity contribution in [1.29, 1.82) is 5.26 Å². The van der Waals surface area contributed by atoms with Crippen LogP contribution in [-0.4, -0.2) is 19.2 Å². The van der Waals surface area contributed by atoms with Crippen LogP contribution < -0.4 is 24.7 Å². The predicted molar refractivity (Wildman–Crippen MR) is 150 cm³/mol. The maximum Gasteiger partial charge on any atom is 0.343 e. The highest BCUT2D eigenvalue weighted by atomic mass is 35.5. The Bertz CT molecular complexity index is 1410. The van der Waals surface area contributed by atoms with Crippen LogP contribution in [0.4, 0.5) is 0 Å². The molecule has 9 heteroatoms. The molecule has 0 spiro atoms. The number of carbonyl (C=O) groups excluding carboxylic acids is 1. The van der Waals surface area contributed by atoms with Gasteiger partial charge in [-0.25, -0.2) is 4.79 Å². The van der Waals surface area contributed by atoms with Gasteiger partial charge in [-0.2, -0.15) is 5.26 Å². The second-order valence-electron chi connectivity index (χ2n) is 8.84. The number of ether oxygens (including phenoxy) is 4. The number of carbonyl (C=O) groups is 1. The summed E-state index contributed by atoms with van der Waals surface area (Å²) in [5, 5.41) is 10.2. The number of halogens is 2. The Morgan fingerprint density at radius 3 is 2.33 bits per heavy atom. The molecule has 0 bridgehead atoms. The molecule has 1 heterocycles. The van der Waals surface area contributed by atoms with Crippen molar-refractivity contribution < 1.29 is 23.7 Å². The predicted octanol–water partition coefficient (Wildman–Crippen LogP) is 7.40. The van der Waals surface area contributed by atoms with Crippen molar-refractivity contribution in [3.05, 3.63) is 92.8 Å². The van der Waals surface area contributed by atoms with E-state index in [1.54, 1.807) is 25.1 Å². The highest BCUT2D eigenvalue weighted by molar-refractivity contribution is 6.37. The van der Waals surface area contributed by atoms with Crippen molar-refractivity contribution in [3.8, 4) is 29.1 Å². The average molecular weight is 567 g/mol. The molecule has 0 aromatic heterocycles. The molecule has 1 atom stereocenters. The van der Waals surface area contributed by atoms with Crippen LogP contribution in [0.15, 0.2) is 66.1 Å². The van der Waals surface area contributed by atoms with Crippen molar-refractivity contribution in [3.63, 3.8) is 0 Å². The Morgan fingerprint density at radius 1 is 1.00 bits per heavy atom. The number of fused-ring (bicyclic) bond motifs is 1. The van der Waals surface area contributed by atoms with Crippen LogP contribution >= 0.6 is 23.2 Å². The van der Waals surface area contributed by atoms with Gasteiger partial charge in [-0.05, 0) is 49.2 Å². The summed E-state index contributed by atoms with van der Waals surface area (Å²) in [4.78, 5) is 12.8. The second kappa shape index (κ2) is 12.8. The lowest BCUT2D eigenvalue weighted by Crippen LogP contribution is -2.21. The van der Waals surface area contributed by atoms with E-state index in [-0.39, 0.29) is 27.2 Å². The summed E-state index contributed by atoms with van der Waals surface area (Å²) in [6.07, 6.45) is 3.24. The van der Waals surface area contributed by atoms with E-state index in [9.17, 15) is 10.1 Å². The topological polar surface area (TPSA) is 104 Å². The third kappa shape index (κ3) is 6.42. The first kappa shape index (κ1) is 28.2. The van der Waals surface area contributed by atoms with Crippen molar-refractivity contribution in [2.75, 3.05) is 13.2 Å². The van der Waals surface area contributed by atoms with Crippen LogP contribution in [0.3, 0.4) is 0 Å². The van der Waals surface area contributed by atoms with Crippen LogP contribution in [0.5, 0.6) is 23.0 Å². The molecule has 7 nitrogen and oxygen atoms in total. The van der Waals surface area contributed by atoms with Gasteiger partial charge in [0.15, 0.2) is 5.75 Å². The number of nitriles is 1. The van der Waals surface area contributed by atoms with E-state index in [2.05, 4.69) is 13.0 Å². The molecule has 0 aliphatic carbocycles. The lowest BCUT2D eigenvalue weighted by molar-refractivity contribution is 0.0734. The summed E-state index contributed by atoms with van der Waals surface area (Å²) >= 11 is 12.5. The van der Waals surface area contributed by atoms with Crippen LogP contribution in [0.25, 0.3) is 0 Å². The fourth-order valence-corrected chi connectivity index (χ4v) is 4.86. The third-order valence-electron chi connectivity index (χ3n) is 6.15. The molecule has 0 saturated carbocycles. The minimum atomic E-state index is -0.662. The minimum absolute atomic E-state index is 0.0107. The second-order valence-corrected chi connectivity index (χ2v) is 9.65. The summed E-state index contributed by atoms with van der Waals surface area (Å²) in [6.45, 7) is 4.98. The smallest absolute Gasteiger partial charge is 0.343 e. The van der Waals surface area contributed by atoms with Gasteiger partial charge < -0.3 is 24.7 Å². The van der Waals surface area contributed by atoms with E-state index in [0.29, 0.717) is 35.8 Å². The van der Waals surface area contributed by atoms with Crippen LogP contribution in [-0.2, 0) is 0 Å².